The van der Waals surface area contributed by atoms with Crippen LogP contribution in [0.15, 0.2) is 18.2 Å². The largest absolute Gasteiger partial charge is 0.497 e. The molecule has 1 nitrogen and oxygen atoms in total. The van der Waals surface area contributed by atoms with Crippen molar-refractivity contribution < 1.29 is 9.13 Å². The minimum Gasteiger partial charge on any atom is -0.497 e. The fraction of sp³-hybridized carbons (Fsp3) is 0.600. The van der Waals surface area contributed by atoms with Gasteiger partial charge in [-0.05, 0) is 18.4 Å². The third kappa shape index (κ3) is 3.38. The van der Waals surface area contributed by atoms with Crippen molar-refractivity contribution in [1.82, 2.24) is 0 Å². The molecule has 0 radical (unpaired) electrons. The molecule has 1 aromatic carbocycles. The van der Waals surface area contributed by atoms with Crippen molar-refractivity contribution in [1.29, 1.82) is 0 Å². The maximum absolute atomic E-state index is 13.9. The fourth-order valence-electron chi connectivity index (χ4n) is 2.73. The average molecular weight is 271 g/mol. The van der Waals surface area contributed by atoms with E-state index in [-0.39, 0.29) is 11.2 Å². The number of methoxy groups -OCH3 is 1. The van der Waals surface area contributed by atoms with Crippen LogP contribution < -0.4 is 4.74 Å². The van der Waals surface area contributed by atoms with Gasteiger partial charge < -0.3 is 4.74 Å². The summed E-state index contributed by atoms with van der Waals surface area (Å²) in [6, 6.07) is 4.93. The van der Waals surface area contributed by atoms with E-state index >= 15 is 0 Å². The molecular formula is C15H20ClFO. The predicted molar refractivity (Wildman–Crippen MR) is 72.7 cm³/mol. The molecule has 1 unspecified atom stereocenters. The summed E-state index contributed by atoms with van der Waals surface area (Å²) in [6.07, 6.45) is 7.27. The van der Waals surface area contributed by atoms with Gasteiger partial charge in [0.25, 0.3) is 0 Å². The Labute approximate surface area is 113 Å². The molecule has 3 heteroatoms. The molecule has 0 bridgehead atoms. The van der Waals surface area contributed by atoms with E-state index < -0.39 is 0 Å². The minimum absolute atomic E-state index is 0.223. The first kappa shape index (κ1) is 13.7. The van der Waals surface area contributed by atoms with E-state index in [2.05, 4.69) is 0 Å². The monoisotopic (exact) mass is 270 g/mol. The molecule has 0 amide bonds. The molecular weight excluding hydrogens is 251 g/mol. The Morgan fingerprint density at radius 2 is 2.06 bits per heavy atom. The van der Waals surface area contributed by atoms with Crippen LogP contribution >= 0.6 is 11.6 Å². The van der Waals surface area contributed by atoms with Crippen LogP contribution in [0.3, 0.4) is 0 Å². The zero-order valence-corrected chi connectivity index (χ0v) is 11.5. The van der Waals surface area contributed by atoms with E-state index in [4.69, 9.17) is 16.3 Å². The maximum Gasteiger partial charge on any atom is 0.131 e. The summed E-state index contributed by atoms with van der Waals surface area (Å²) in [4.78, 5) is 0. The number of hydrogen-bond donors (Lipinski definition) is 0. The first-order valence-electron chi connectivity index (χ1n) is 6.68. The molecule has 0 spiro atoms. The molecule has 1 saturated carbocycles. The van der Waals surface area contributed by atoms with E-state index in [0.29, 0.717) is 17.2 Å². The predicted octanol–water partition coefficient (Wildman–Crippen LogP) is 5.08. The van der Waals surface area contributed by atoms with Crippen LogP contribution in [0, 0.1) is 11.7 Å². The first-order chi connectivity index (χ1) is 8.70. The van der Waals surface area contributed by atoms with Crippen LogP contribution in [-0.4, -0.2) is 7.11 Å². The van der Waals surface area contributed by atoms with Crippen molar-refractivity contribution in [3.8, 4) is 5.75 Å². The highest BCUT2D eigenvalue weighted by Crippen LogP contribution is 2.36. The second-order valence-corrected chi connectivity index (χ2v) is 5.62. The van der Waals surface area contributed by atoms with Crippen molar-refractivity contribution in [3.63, 3.8) is 0 Å². The van der Waals surface area contributed by atoms with Crippen LogP contribution in [0.2, 0.25) is 0 Å². The highest BCUT2D eigenvalue weighted by Gasteiger charge is 2.20. The topological polar surface area (TPSA) is 9.23 Å². The summed E-state index contributed by atoms with van der Waals surface area (Å²) < 4.78 is 18.9. The van der Waals surface area contributed by atoms with Crippen molar-refractivity contribution in [3.05, 3.63) is 29.6 Å². The smallest absolute Gasteiger partial charge is 0.131 e. The highest BCUT2D eigenvalue weighted by molar-refractivity contribution is 6.20. The molecule has 100 valence electrons. The van der Waals surface area contributed by atoms with Crippen LogP contribution in [0.25, 0.3) is 0 Å². The molecule has 0 heterocycles. The Kier molecular flexibility index (Phi) is 4.87. The number of alkyl halides is 1. The SMILES string of the molecule is COc1ccc(C(Cl)CC2CCCCC2)c(F)c1. The lowest BCUT2D eigenvalue weighted by atomic mass is 9.85. The van der Waals surface area contributed by atoms with Crippen molar-refractivity contribution >= 4 is 11.6 Å². The molecule has 0 aliphatic heterocycles. The second kappa shape index (κ2) is 6.42. The number of hydrogen-bond acceptors (Lipinski definition) is 1. The van der Waals surface area contributed by atoms with Gasteiger partial charge in [-0.1, -0.05) is 38.2 Å². The Morgan fingerprint density at radius 1 is 1.33 bits per heavy atom. The van der Waals surface area contributed by atoms with E-state index in [1.54, 1.807) is 12.1 Å². The van der Waals surface area contributed by atoms with E-state index in [9.17, 15) is 4.39 Å². The Balaban J connectivity index is 2.01. The normalized spacial score (nSPS) is 18.6. The molecule has 1 aromatic rings. The molecule has 0 aromatic heterocycles. The van der Waals surface area contributed by atoms with Gasteiger partial charge in [0.05, 0.1) is 12.5 Å². The van der Waals surface area contributed by atoms with Crippen molar-refractivity contribution in [2.24, 2.45) is 5.92 Å². The Hall–Kier alpha value is -0.760. The molecule has 1 aliphatic carbocycles. The summed E-state index contributed by atoms with van der Waals surface area (Å²) in [5.74, 6) is 0.936. The van der Waals surface area contributed by atoms with Crippen LogP contribution in [0.4, 0.5) is 4.39 Å². The van der Waals surface area contributed by atoms with E-state index in [1.165, 1.54) is 45.3 Å². The van der Waals surface area contributed by atoms with Gasteiger partial charge in [-0.25, -0.2) is 4.39 Å². The number of ether oxygens (including phenoxy) is 1. The quantitative estimate of drug-likeness (QED) is 0.693. The molecule has 2 rings (SSSR count). The highest BCUT2D eigenvalue weighted by atomic mass is 35.5. The lowest BCUT2D eigenvalue weighted by molar-refractivity contribution is 0.334. The van der Waals surface area contributed by atoms with Gasteiger partial charge in [-0.15, -0.1) is 11.6 Å². The van der Waals surface area contributed by atoms with E-state index in [0.717, 1.165) is 6.42 Å². The molecule has 1 fully saturated rings. The summed E-state index contributed by atoms with van der Waals surface area (Å²) in [5, 5.41) is -0.223. The van der Waals surface area contributed by atoms with Gasteiger partial charge >= 0.3 is 0 Å². The third-order valence-electron chi connectivity index (χ3n) is 3.81. The number of rotatable bonds is 4. The maximum atomic E-state index is 13.9. The van der Waals surface area contributed by atoms with Gasteiger partial charge in [0.2, 0.25) is 0 Å². The second-order valence-electron chi connectivity index (χ2n) is 5.09. The number of halogens is 2. The molecule has 1 aliphatic rings. The van der Waals surface area contributed by atoms with Crippen LogP contribution in [-0.2, 0) is 0 Å². The lowest BCUT2D eigenvalue weighted by Gasteiger charge is -2.24. The van der Waals surface area contributed by atoms with Gasteiger partial charge in [-0.2, -0.15) is 0 Å². The summed E-state index contributed by atoms with van der Waals surface area (Å²) in [5.41, 5.74) is 0.600. The molecule has 18 heavy (non-hydrogen) atoms. The minimum atomic E-state index is -0.259. The Bertz CT molecular complexity index is 388. The summed E-state index contributed by atoms with van der Waals surface area (Å²) in [6.45, 7) is 0. The van der Waals surface area contributed by atoms with Crippen LogP contribution in [0.1, 0.15) is 49.5 Å². The fourth-order valence-corrected chi connectivity index (χ4v) is 3.16. The van der Waals surface area contributed by atoms with Gasteiger partial charge in [0.15, 0.2) is 0 Å². The average Bonchev–Trinajstić information content (AvgIpc) is 2.39. The standard InChI is InChI=1S/C15H20ClFO/c1-18-12-7-8-13(15(17)10-12)14(16)9-11-5-3-2-4-6-11/h7-8,10-11,14H,2-6,9H2,1H3. The van der Waals surface area contributed by atoms with Crippen molar-refractivity contribution in [2.75, 3.05) is 7.11 Å². The zero-order chi connectivity index (χ0) is 13.0. The van der Waals surface area contributed by atoms with E-state index in [1.807, 2.05) is 0 Å². The molecule has 0 N–H and O–H groups in total. The first-order valence-corrected chi connectivity index (χ1v) is 7.12. The molecule has 0 saturated heterocycles. The van der Waals surface area contributed by atoms with Crippen molar-refractivity contribution in [2.45, 2.75) is 43.9 Å². The van der Waals surface area contributed by atoms with Gasteiger partial charge in [0.1, 0.15) is 11.6 Å². The molecule has 1 atom stereocenters. The lowest BCUT2D eigenvalue weighted by Crippen LogP contribution is -2.09. The third-order valence-corrected chi connectivity index (χ3v) is 4.22. The summed E-state index contributed by atoms with van der Waals surface area (Å²) >= 11 is 6.36. The number of benzene rings is 1. The van der Waals surface area contributed by atoms with Gasteiger partial charge in [-0.3, -0.25) is 0 Å². The van der Waals surface area contributed by atoms with Crippen LogP contribution in [0.5, 0.6) is 5.75 Å². The zero-order valence-electron chi connectivity index (χ0n) is 10.8. The summed E-state index contributed by atoms with van der Waals surface area (Å²) in [7, 11) is 1.54. The Morgan fingerprint density at radius 3 is 2.67 bits per heavy atom. The van der Waals surface area contributed by atoms with Gasteiger partial charge in [0, 0.05) is 11.6 Å².